The molecule has 0 aromatic rings. The van der Waals surface area contributed by atoms with E-state index in [0.29, 0.717) is 0 Å². The van der Waals surface area contributed by atoms with Crippen LogP contribution < -0.4 is 0 Å². The number of isocyanates is 1. The Morgan fingerprint density at radius 1 is 1.82 bits per heavy atom. The van der Waals surface area contributed by atoms with E-state index < -0.39 is 12.2 Å². The molecule has 0 bridgehead atoms. The predicted molar refractivity (Wildman–Crippen MR) is 39.0 cm³/mol. The smallest absolute Gasteiger partial charge is 0.308 e. The number of hydrogen-bond donors (Lipinski definition) is 0. The van der Waals surface area contributed by atoms with E-state index in [4.69, 9.17) is 11.6 Å². The van der Waals surface area contributed by atoms with E-state index in [1.54, 1.807) is 0 Å². The molecular weight excluding hydrogens is 170 g/mol. The summed E-state index contributed by atoms with van der Waals surface area (Å²) in [5, 5.41) is 0. The molecule has 11 heavy (non-hydrogen) atoms. The monoisotopic (exact) mass is 177 g/mol. The van der Waals surface area contributed by atoms with Gasteiger partial charge in [-0.2, -0.15) is 4.99 Å². The van der Waals surface area contributed by atoms with Crippen molar-refractivity contribution in [3.05, 3.63) is 0 Å². The van der Waals surface area contributed by atoms with Crippen LogP contribution in [-0.4, -0.2) is 24.2 Å². The number of hydrogen-bond acceptors (Lipinski definition) is 4. The van der Waals surface area contributed by atoms with Gasteiger partial charge in [0.15, 0.2) is 0 Å². The SMILES string of the molecule is CC(N=C=O)OC(=O)CCCl. The van der Waals surface area contributed by atoms with Gasteiger partial charge in [0, 0.05) is 5.88 Å². The lowest BCUT2D eigenvalue weighted by molar-refractivity contribution is -0.147. The van der Waals surface area contributed by atoms with Gasteiger partial charge in [-0.15, -0.1) is 11.6 Å². The average Bonchev–Trinajstić information content (AvgIpc) is 1.87. The molecule has 1 unspecified atom stereocenters. The third kappa shape index (κ3) is 5.58. The summed E-state index contributed by atoms with van der Waals surface area (Å²) in [6, 6.07) is 0. The maximum absolute atomic E-state index is 10.6. The zero-order chi connectivity index (χ0) is 8.69. The van der Waals surface area contributed by atoms with E-state index in [2.05, 4.69) is 9.73 Å². The van der Waals surface area contributed by atoms with Crippen molar-refractivity contribution in [2.24, 2.45) is 4.99 Å². The molecule has 0 aromatic carbocycles. The van der Waals surface area contributed by atoms with Gasteiger partial charge in [0.25, 0.3) is 0 Å². The third-order valence-corrected chi connectivity index (χ3v) is 1.02. The Kier molecular flexibility index (Phi) is 5.43. The van der Waals surface area contributed by atoms with Gasteiger partial charge in [0.05, 0.1) is 6.42 Å². The molecular formula is C6H8ClNO3. The second kappa shape index (κ2) is 5.89. The molecule has 0 radical (unpaired) electrons. The van der Waals surface area contributed by atoms with E-state index in [0.717, 1.165) is 0 Å². The Morgan fingerprint density at radius 3 is 2.91 bits per heavy atom. The molecule has 4 nitrogen and oxygen atoms in total. The first-order chi connectivity index (χ1) is 5.20. The van der Waals surface area contributed by atoms with Crippen LogP contribution >= 0.6 is 11.6 Å². The van der Waals surface area contributed by atoms with Crippen molar-refractivity contribution in [3.63, 3.8) is 0 Å². The van der Waals surface area contributed by atoms with Crippen LogP contribution in [-0.2, 0) is 14.3 Å². The predicted octanol–water partition coefficient (Wildman–Crippen LogP) is 0.840. The van der Waals surface area contributed by atoms with Crippen LogP contribution in [0.4, 0.5) is 0 Å². The molecule has 0 saturated carbocycles. The Bertz CT molecular complexity index is 177. The standard InChI is InChI=1S/C6H8ClNO3/c1-5(8-4-9)11-6(10)2-3-7/h5H,2-3H2,1H3. The van der Waals surface area contributed by atoms with Crippen LogP contribution in [0.3, 0.4) is 0 Å². The zero-order valence-electron chi connectivity index (χ0n) is 6.04. The van der Waals surface area contributed by atoms with Gasteiger partial charge in [-0.1, -0.05) is 0 Å². The summed E-state index contributed by atoms with van der Waals surface area (Å²) in [4.78, 5) is 23.4. The van der Waals surface area contributed by atoms with Crippen LogP contribution in [0.25, 0.3) is 0 Å². The highest BCUT2D eigenvalue weighted by molar-refractivity contribution is 6.18. The third-order valence-electron chi connectivity index (χ3n) is 0.835. The number of esters is 1. The first kappa shape index (κ1) is 10.1. The lowest BCUT2D eigenvalue weighted by Gasteiger charge is -2.04. The van der Waals surface area contributed by atoms with Crippen molar-refractivity contribution in [1.82, 2.24) is 0 Å². The molecule has 0 fully saturated rings. The van der Waals surface area contributed by atoms with Crippen LogP contribution in [0, 0.1) is 0 Å². The van der Waals surface area contributed by atoms with Crippen LogP contribution in [0.1, 0.15) is 13.3 Å². The number of halogens is 1. The molecule has 5 heteroatoms. The number of carbonyl (C=O) groups is 1. The molecule has 0 N–H and O–H groups in total. The Morgan fingerprint density at radius 2 is 2.45 bits per heavy atom. The quantitative estimate of drug-likeness (QED) is 0.277. The number of aliphatic imine (C=N–C) groups is 1. The fourth-order valence-electron chi connectivity index (χ4n) is 0.427. The van der Waals surface area contributed by atoms with E-state index in [-0.39, 0.29) is 12.3 Å². The second-order valence-corrected chi connectivity index (χ2v) is 2.13. The van der Waals surface area contributed by atoms with Crippen molar-refractivity contribution >= 4 is 23.7 Å². The molecule has 0 saturated heterocycles. The molecule has 1 atom stereocenters. The van der Waals surface area contributed by atoms with Gasteiger partial charge >= 0.3 is 5.97 Å². The Labute approximate surface area is 69.2 Å². The number of carbonyl (C=O) groups excluding carboxylic acids is 2. The van der Waals surface area contributed by atoms with Gasteiger partial charge in [0.2, 0.25) is 12.3 Å². The molecule has 0 aliphatic carbocycles. The highest BCUT2D eigenvalue weighted by Gasteiger charge is 2.05. The van der Waals surface area contributed by atoms with Crippen molar-refractivity contribution in [3.8, 4) is 0 Å². The van der Waals surface area contributed by atoms with Gasteiger partial charge in [0.1, 0.15) is 0 Å². The summed E-state index contributed by atoms with van der Waals surface area (Å²) in [5.41, 5.74) is 0. The number of ether oxygens (including phenoxy) is 1. The maximum Gasteiger partial charge on any atom is 0.308 e. The van der Waals surface area contributed by atoms with Crippen LogP contribution in [0.5, 0.6) is 0 Å². The average molecular weight is 178 g/mol. The fraction of sp³-hybridized carbons (Fsp3) is 0.667. The molecule has 0 heterocycles. The van der Waals surface area contributed by atoms with E-state index in [1.807, 2.05) is 0 Å². The topological polar surface area (TPSA) is 55.7 Å². The molecule has 0 aliphatic heterocycles. The summed E-state index contributed by atoms with van der Waals surface area (Å²) in [6.07, 6.45) is 0.644. The normalized spacial score (nSPS) is 11.5. The van der Waals surface area contributed by atoms with E-state index in [9.17, 15) is 9.59 Å². The lowest BCUT2D eigenvalue weighted by Crippen LogP contribution is -2.12. The van der Waals surface area contributed by atoms with Crippen LogP contribution in [0.15, 0.2) is 4.99 Å². The van der Waals surface area contributed by atoms with Crippen molar-refractivity contribution in [1.29, 1.82) is 0 Å². The molecule has 0 spiro atoms. The Balaban J connectivity index is 3.65. The summed E-state index contributed by atoms with van der Waals surface area (Å²) in [7, 11) is 0. The molecule has 62 valence electrons. The zero-order valence-corrected chi connectivity index (χ0v) is 6.80. The summed E-state index contributed by atoms with van der Waals surface area (Å²) in [6.45, 7) is 1.47. The minimum Gasteiger partial charge on any atom is -0.439 e. The van der Waals surface area contributed by atoms with E-state index in [1.165, 1.54) is 13.0 Å². The number of nitrogens with zero attached hydrogens (tertiary/aromatic N) is 1. The van der Waals surface area contributed by atoms with Gasteiger partial charge in [-0.05, 0) is 6.92 Å². The molecule has 0 rings (SSSR count). The highest BCUT2D eigenvalue weighted by atomic mass is 35.5. The number of rotatable bonds is 4. The summed E-state index contributed by atoms with van der Waals surface area (Å²) < 4.78 is 4.58. The molecule has 0 aliphatic rings. The summed E-state index contributed by atoms with van der Waals surface area (Å²) >= 11 is 5.25. The van der Waals surface area contributed by atoms with E-state index >= 15 is 0 Å². The first-order valence-electron chi connectivity index (χ1n) is 3.03. The van der Waals surface area contributed by atoms with Crippen molar-refractivity contribution in [2.75, 3.05) is 5.88 Å². The van der Waals surface area contributed by atoms with Crippen molar-refractivity contribution < 1.29 is 14.3 Å². The summed E-state index contributed by atoms with van der Waals surface area (Å²) in [5.74, 6) is -0.261. The van der Waals surface area contributed by atoms with Gasteiger partial charge in [-0.25, -0.2) is 4.79 Å². The molecule has 0 aromatic heterocycles. The lowest BCUT2D eigenvalue weighted by atomic mass is 10.5. The first-order valence-corrected chi connectivity index (χ1v) is 3.56. The maximum atomic E-state index is 10.6. The largest absolute Gasteiger partial charge is 0.439 e. The second-order valence-electron chi connectivity index (χ2n) is 1.75. The minimum atomic E-state index is -0.761. The highest BCUT2D eigenvalue weighted by Crippen LogP contribution is 1.95. The van der Waals surface area contributed by atoms with Crippen molar-refractivity contribution in [2.45, 2.75) is 19.6 Å². The van der Waals surface area contributed by atoms with Crippen LogP contribution in [0.2, 0.25) is 0 Å². The fourth-order valence-corrected chi connectivity index (χ4v) is 0.581. The number of alkyl halides is 1. The van der Waals surface area contributed by atoms with Gasteiger partial charge < -0.3 is 4.74 Å². The molecule has 0 amide bonds. The van der Waals surface area contributed by atoms with Gasteiger partial charge in [-0.3, -0.25) is 4.79 Å². The Hall–Kier alpha value is -0.860. The minimum absolute atomic E-state index is 0.125.